The van der Waals surface area contributed by atoms with E-state index in [4.69, 9.17) is 5.73 Å². The zero-order valence-corrected chi connectivity index (χ0v) is 10.5. The molecule has 0 spiro atoms. The van der Waals surface area contributed by atoms with Gasteiger partial charge in [-0.1, -0.05) is 20.3 Å². The third-order valence-corrected chi connectivity index (χ3v) is 2.57. The Morgan fingerprint density at radius 2 is 2.13 bits per heavy atom. The molecule has 0 aromatic heterocycles. The Bertz CT molecular complexity index is 205. The van der Waals surface area contributed by atoms with Crippen LogP contribution in [0.1, 0.15) is 27.2 Å². The van der Waals surface area contributed by atoms with E-state index in [0.717, 1.165) is 13.0 Å². The average molecular weight is 216 g/mol. The Morgan fingerprint density at radius 1 is 1.60 bits per heavy atom. The van der Waals surface area contributed by atoms with Gasteiger partial charge in [-0.15, -0.1) is 0 Å². The number of ether oxygens (including phenoxy) is 1. The number of nitrogens with two attached hydrogens (primary N) is 1. The van der Waals surface area contributed by atoms with Crippen LogP contribution in [0.25, 0.3) is 0 Å². The van der Waals surface area contributed by atoms with Crippen molar-refractivity contribution < 1.29 is 9.53 Å². The highest BCUT2D eigenvalue weighted by Gasteiger charge is 2.30. The fourth-order valence-corrected chi connectivity index (χ4v) is 1.58. The Morgan fingerprint density at radius 3 is 2.53 bits per heavy atom. The first kappa shape index (κ1) is 14.4. The molecule has 0 bridgehead atoms. The predicted molar refractivity (Wildman–Crippen MR) is 61.6 cm³/mol. The van der Waals surface area contributed by atoms with Gasteiger partial charge in [-0.05, 0) is 19.9 Å². The highest BCUT2D eigenvalue weighted by Crippen LogP contribution is 2.08. The first-order chi connectivity index (χ1) is 6.83. The molecule has 0 aromatic rings. The number of hydrogen-bond donors (Lipinski definition) is 1. The van der Waals surface area contributed by atoms with E-state index in [9.17, 15) is 4.79 Å². The van der Waals surface area contributed by atoms with Crippen LogP contribution in [0, 0.1) is 5.92 Å². The van der Waals surface area contributed by atoms with Crippen LogP contribution in [0.3, 0.4) is 0 Å². The summed E-state index contributed by atoms with van der Waals surface area (Å²) in [5.41, 5.74) is 4.95. The monoisotopic (exact) mass is 216 g/mol. The van der Waals surface area contributed by atoms with E-state index in [0.29, 0.717) is 12.5 Å². The summed E-state index contributed by atoms with van der Waals surface area (Å²) in [6, 6.07) is 0. The standard InChI is InChI=1S/C11H24N2O2/c1-6-9(2)7-13(4)8-11(3,12)10(14)15-5/h9H,6-8,12H2,1-5H3. The highest BCUT2D eigenvalue weighted by atomic mass is 16.5. The average Bonchev–Trinajstić information content (AvgIpc) is 2.15. The lowest BCUT2D eigenvalue weighted by Gasteiger charge is -2.29. The molecule has 15 heavy (non-hydrogen) atoms. The van der Waals surface area contributed by atoms with Crippen molar-refractivity contribution in [3.05, 3.63) is 0 Å². The fourth-order valence-electron chi connectivity index (χ4n) is 1.58. The van der Waals surface area contributed by atoms with Gasteiger partial charge >= 0.3 is 5.97 Å². The zero-order valence-electron chi connectivity index (χ0n) is 10.5. The molecule has 0 aliphatic heterocycles. The van der Waals surface area contributed by atoms with Crippen molar-refractivity contribution in [3.8, 4) is 0 Å². The molecule has 0 aliphatic carbocycles. The maximum Gasteiger partial charge on any atom is 0.326 e. The summed E-state index contributed by atoms with van der Waals surface area (Å²) >= 11 is 0. The number of esters is 1. The van der Waals surface area contributed by atoms with Gasteiger partial charge in [0.1, 0.15) is 5.54 Å². The molecule has 0 aromatic carbocycles. The molecular weight excluding hydrogens is 192 g/mol. The molecule has 4 heteroatoms. The van der Waals surface area contributed by atoms with Crippen LogP contribution >= 0.6 is 0 Å². The van der Waals surface area contributed by atoms with Crippen LogP contribution < -0.4 is 5.73 Å². The van der Waals surface area contributed by atoms with Crippen LogP contribution in [0.5, 0.6) is 0 Å². The van der Waals surface area contributed by atoms with Gasteiger partial charge in [-0.25, -0.2) is 0 Å². The van der Waals surface area contributed by atoms with E-state index in [2.05, 4.69) is 23.5 Å². The SMILES string of the molecule is CCC(C)CN(C)CC(C)(N)C(=O)OC. The summed E-state index contributed by atoms with van der Waals surface area (Å²) in [5, 5.41) is 0. The summed E-state index contributed by atoms with van der Waals surface area (Å²) in [6.45, 7) is 7.50. The molecule has 2 atom stereocenters. The third-order valence-electron chi connectivity index (χ3n) is 2.57. The van der Waals surface area contributed by atoms with Crippen LogP contribution in [-0.2, 0) is 9.53 Å². The van der Waals surface area contributed by atoms with E-state index in [1.165, 1.54) is 7.11 Å². The van der Waals surface area contributed by atoms with E-state index in [-0.39, 0.29) is 5.97 Å². The predicted octanol–water partition coefficient (Wildman–Crippen LogP) is 0.855. The van der Waals surface area contributed by atoms with Crippen molar-refractivity contribution >= 4 is 5.97 Å². The van der Waals surface area contributed by atoms with E-state index in [1.54, 1.807) is 6.92 Å². The lowest BCUT2D eigenvalue weighted by molar-refractivity contribution is -0.147. The van der Waals surface area contributed by atoms with Gasteiger partial charge in [-0.2, -0.15) is 0 Å². The van der Waals surface area contributed by atoms with Gasteiger partial charge in [0, 0.05) is 13.1 Å². The lowest BCUT2D eigenvalue weighted by Crippen LogP contribution is -2.54. The van der Waals surface area contributed by atoms with Crippen LogP contribution in [0.15, 0.2) is 0 Å². The maximum absolute atomic E-state index is 11.4. The summed E-state index contributed by atoms with van der Waals surface area (Å²) in [6.07, 6.45) is 1.13. The van der Waals surface area contributed by atoms with Crippen molar-refractivity contribution in [3.63, 3.8) is 0 Å². The zero-order chi connectivity index (χ0) is 12.1. The molecule has 90 valence electrons. The van der Waals surface area contributed by atoms with Crippen LogP contribution in [0.2, 0.25) is 0 Å². The summed E-state index contributed by atoms with van der Waals surface area (Å²) in [7, 11) is 3.34. The number of carbonyl (C=O) groups is 1. The molecule has 0 radical (unpaired) electrons. The van der Waals surface area contributed by atoms with Crippen molar-refractivity contribution in [2.24, 2.45) is 11.7 Å². The Hall–Kier alpha value is -0.610. The maximum atomic E-state index is 11.4. The van der Waals surface area contributed by atoms with E-state index in [1.807, 2.05) is 7.05 Å². The summed E-state index contributed by atoms with van der Waals surface area (Å²) < 4.78 is 4.66. The first-order valence-electron chi connectivity index (χ1n) is 5.39. The third kappa shape index (κ3) is 5.14. The quantitative estimate of drug-likeness (QED) is 0.669. The highest BCUT2D eigenvalue weighted by molar-refractivity contribution is 5.80. The molecule has 0 fully saturated rings. The number of likely N-dealkylation sites (N-methyl/N-ethyl adjacent to an activating group) is 1. The molecule has 0 aliphatic rings. The molecule has 0 saturated heterocycles. The minimum atomic E-state index is -0.920. The molecule has 2 unspecified atom stereocenters. The number of nitrogens with zero attached hydrogens (tertiary/aromatic N) is 1. The van der Waals surface area contributed by atoms with E-state index < -0.39 is 5.54 Å². The first-order valence-corrected chi connectivity index (χ1v) is 5.39. The van der Waals surface area contributed by atoms with Crippen molar-refractivity contribution in [1.29, 1.82) is 0 Å². The second-order valence-corrected chi connectivity index (χ2v) is 4.62. The topological polar surface area (TPSA) is 55.6 Å². The molecule has 0 heterocycles. The second-order valence-electron chi connectivity index (χ2n) is 4.62. The molecule has 4 nitrogen and oxygen atoms in total. The van der Waals surface area contributed by atoms with Gasteiger partial charge in [0.05, 0.1) is 7.11 Å². The molecular formula is C11H24N2O2. The molecule has 0 rings (SSSR count). The lowest BCUT2D eigenvalue weighted by atomic mass is 10.0. The normalized spacial score (nSPS) is 17.3. The van der Waals surface area contributed by atoms with Crippen LogP contribution in [-0.4, -0.2) is 43.7 Å². The minimum absolute atomic E-state index is 0.362. The Kier molecular flexibility index (Phi) is 5.83. The van der Waals surface area contributed by atoms with Crippen molar-refractivity contribution in [2.45, 2.75) is 32.7 Å². The van der Waals surface area contributed by atoms with Crippen LogP contribution in [0.4, 0.5) is 0 Å². The molecule has 0 saturated carbocycles. The summed E-state index contributed by atoms with van der Waals surface area (Å²) in [4.78, 5) is 13.4. The second kappa shape index (κ2) is 6.08. The number of methoxy groups -OCH3 is 1. The van der Waals surface area contributed by atoms with Gasteiger partial charge in [0.25, 0.3) is 0 Å². The Labute approximate surface area is 92.8 Å². The fraction of sp³-hybridized carbons (Fsp3) is 0.909. The molecule has 0 amide bonds. The van der Waals surface area contributed by atoms with Gasteiger partial charge in [0.15, 0.2) is 0 Å². The smallest absolute Gasteiger partial charge is 0.326 e. The Balaban J connectivity index is 4.15. The summed E-state index contributed by atoms with van der Waals surface area (Å²) in [5.74, 6) is 0.252. The van der Waals surface area contributed by atoms with Gasteiger partial charge in [0.2, 0.25) is 0 Å². The number of rotatable bonds is 6. The van der Waals surface area contributed by atoms with Gasteiger partial charge in [-0.3, -0.25) is 4.79 Å². The van der Waals surface area contributed by atoms with Gasteiger partial charge < -0.3 is 15.4 Å². The number of carbonyl (C=O) groups excluding carboxylic acids is 1. The largest absolute Gasteiger partial charge is 0.468 e. The minimum Gasteiger partial charge on any atom is -0.468 e. The van der Waals surface area contributed by atoms with Crippen molar-refractivity contribution in [1.82, 2.24) is 4.90 Å². The molecule has 2 N–H and O–H groups in total. The van der Waals surface area contributed by atoms with Crippen molar-refractivity contribution in [2.75, 3.05) is 27.2 Å². The van der Waals surface area contributed by atoms with E-state index >= 15 is 0 Å². The number of hydrogen-bond acceptors (Lipinski definition) is 4.